The molecule has 5 nitrogen and oxygen atoms in total. The molecule has 0 aliphatic carbocycles. The minimum absolute atomic E-state index is 0.0626. The third-order valence-electron chi connectivity index (χ3n) is 4.05. The van der Waals surface area contributed by atoms with Crippen molar-refractivity contribution in [2.75, 3.05) is 27.2 Å². The molecule has 0 radical (unpaired) electrons. The first-order valence-electron chi connectivity index (χ1n) is 7.32. The summed E-state index contributed by atoms with van der Waals surface area (Å²) in [6, 6.07) is 5.31. The van der Waals surface area contributed by atoms with Crippen molar-refractivity contribution in [2.24, 2.45) is 5.73 Å². The van der Waals surface area contributed by atoms with E-state index in [0.29, 0.717) is 18.0 Å². The van der Waals surface area contributed by atoms with Gasteiger partial charge in [-0.05, 0) is 57.1 Å². The smallest absolute Gasteiger partial charge is 0.243 e. The molecule has 1 fully saturated rings. The topological polar surface area (TPSA) is 66.6 Å². The van der Waals surface area contributed by atoms with E-state index in [4.69, 9.17) is 5.73 Å². The number of nitrogens with zero attached hydrogens (tertiary/aromatic N) is 2. The van der Waals surface area contributed by atoms with Crippen LogP contribution in [0, 0.1) is 6.92 Å². The number of rotatable bonds is 5. The highest BCUT2D eigenvalue weighted by molar-refractivity contribution is 7.89. The van der Waals surface area contributed by atoms with E-state index in [1.165, 1.54) is 0 Å². The van der Waals surface area contributed by atoms with Gasteiger partial charge in [0.05, 0.1) is 4.90 Å². The Morgan fingerprint density at radius 2 is 2.10 bits per heavy atom. The quantitative estimate of drug-likeness (QED) is 0.886. The Bertz CT molecular complexity index is 599. The monoisotopic (exact) mass is 311 g/mol. The lowest BCUT2D eigenvalue weighted by atomic mass is 10.1. The molecule has 0 amide bonds. The maximum atomic E-state index is 12.9. The Morgan fingerprint density at radius 3 is 2.71 bits per heavy atom. The SMILES string of the molecule is Cc1ccc(S(=O)(=O)N2CCCC2CN(C)C)cc1CN. The summed E-state index contributed by atoms with van der Waals surface area (Å²) in [5.74, 6) is 0. The van der Waals surface area contributed by atoms with Crippen molar-refractivity contribution in [1.82, 2.24) is 9.21 Å². The standard InChI is InChI=1S/C15H25N3O2S/c1-12-6-7-15(9-13(12)10-16)21(19,20)18-8-4-5-14(18)11-17(2)3/h6-7,9,14H,4-5,8,10-11,16H2,1-3H3. The number of aryl methyl sites for hydroxylation is 1. The molecule has 1 aliphatic heterocycles. The van der Waals surface area contributed by atoms with Crippen LogP contribution in [0.2, 0.25) is 0 Å². The fourth-order valence-electron chi connectivity index (χ4n) is 2.89. The van der Waals surface area contributed by atoms with Crippen molar-refractivity contribution < 1.29 is 8.42 Å². The molecule has 1 heterocycles. The van der Waals surface area contributed by atoms with Gasteiger partial charge in [0.15, 0.2) is 0 Å². The molecule has 2 rings (SSSR count). The van der Waals surface area contributed by atoms with Crippen LogP contribution in [0.25, 0.3) is 0 Å². The van der Waals surface area contributed by atoms with Crippen LogP contribution in [0.4, 0.5) is 0 Å². The van der Waals surface area contributed by atoms with Gasteiger partial charge >= 0.3 is 0 Å². The number of hydrogen-bond donors (Lipinski definition) is 1. The molecular weight excluding hydrogens is 286 g/mol. The molecule has 1 aliphatic rings. The Labute approximate surface area is 127 Å². The van der Waals surface area contributed by atoms with Crippen molar-refractivity contribution in [3.8, 4) is 0 Å². The van der Waals surface area contributed by atoms with Gasteiger partial charge in [-0.3, -0.25) is 0 Å². The van der Waals surface area contributed by atoms with Gasteiger partial charge in [-0.25, -0.2) is 8.42 Å². The lowest BCUT2D eigenvalue weighted by Gasteiger charge is -2.26. The van der Waals surface area contributed by atoms with Crippen molar-refractivity contribution >= 4 is 10.0 Å². The molecule has 1 saturated heterocycles. The lowest BCUT2D eigenvalue weighted by Crippen LogP contribution is -2.41. The average molecular weight is 311 g/mol. The van der Waals surface area contributed by atoms with E-state index in [0.717, 1.165) is 30.5 Å². The minimum Gasteiger partial charge on any atom is -0.326 e. The summed E-state index contributed by atoms with van der Waals surface area (Å²) in [4.78, 5) is 2.40. The van der Waals surface area contributed by atoms with Gasteiger partial charge in [-0.2, -0.15) is 4.31 Å². The number of nitrogens with two attached hydrogens (primary N) is 1. The van der Waals surface area contributed by atoms with Crippen LogP contribution < -0.4 is 5.73 Å². The van der Waals surface area contributed by atoms with Gasteiger partial charge in [0.1, 0.15) is 0 Å². The van der Waals surface area contributed by atoms with E-state index in [9.17, 15) is 8.42 Å². The van der Waals surface area contributed by atoms with Gasteiger partial charge in [0.25, 0.3) is 0 Å². The highest BCUT2D eigenvalue weighted by Crippen LogP contribution is 2.27. The molecular formula is C15H25N3O2S. The molecule has 2 N–H and O–H groups in total. The number of benzene rings is 1. The highest BCUT2D eigenvalue weighted by Gasteiger charge is 2.35. The zero-order valence-corrected chi connectivity index (χ0v) is 13.9. The molecule has 0 saturated carbocycles. The summed E-state index contributed by atoms with van der Waals surface area (Å²) in [5.41, 5.74) is 7.61. The van der Waals surface area contributed by atoms with Crippen molar-refractivity contribution in [3.63, 3.8) is 0 Å². The predicted octanol–water partition coefficient (Wildman–Crippen LogP) is 1.17. The number of hydrogen-bond acceptors (Lipinski definition) is 4. The molecule has 1 aromatic carbocycles. The van der Waals surface area contributed by atoms with Crippen LogP contribution >= 0.6 is 0 Å². The normalized spacial score (nSPS) is 20.3. The summed E-state index contributed by atoms with van der Waals surface area (Å²) in [6.07, 6.45) is 1.85. The van der Waals surface area contributed by atoms with Crippen LogP contribution in [0.1, 0.15) is 24.0 Å². The number of likely N-dealkylation sites (N-methyl/N-ethyl adjacent to an activating group) is 1. The van der Waals surface area contributed by atoms with E-state index < -0.39 is 10.0 Å². The van der Waals surface area contributed by atoms with E-state index in [2.05, 4.69) is 0 Å². The molecule has 0 bridgehead atoms. The summed E-state index contributed by atoms with van der Waals surface area (Å²) < 4.78 is 27.4. The fourth-order valence-corrected chi connectivity index (χ4v) is 4.63. The maximum Gasteiger partial charge on any atom is 0.243 e. The summed E-state index contributed by atoms with van der Waals surface area (Å²) >= 11 is 0. The first kappa shape index (κ1) is 16.4. The van der Waals surface area contributed by atoms with Crippen LogP contribution in [0.5, 0.6) is 0 Å². The van der Waals surface area contributed by atoms with E-state index in [1.54, 1.807) is 16.4 Å². The van der Waals surface area contributed by atoms with Crippen molar-refractivity contribution in [1.29, 1.82) is 0 Å². The van der Waals surface area contributed by atoms with Gasteiger partial charge in [0, 0.05) is 25.7 Å². The van der Waals surface area contributed by atoms with Gasteiger partial charge in [0.2, 0.25) is 10.0 Å². The van der Waals surface area contributed by atoms with Crippen LogP contribution in [-0.4, -0.2) is 50.8 Å². The molecule has 118 valence electrons. The predicted molar refractivity (Wildman–Crippen MR) is 84.5 cm³/mol. The van der Waals surface area contributed by atoms with E-state index >= 15 is 0 Å². The molecule has 1 aromatic rings. The molecule has 0 aromatic heterocycles. The second-order valence-electron chi connectivity index (χ2n) is 5.97. The third kappa shape index (κ3) is 3.45. The van der Waals surface area contributed by atoms with Crippen LogP contribution in [0.3, 0.4) is 0 Å². The van der Waals surface area contributed by atoms with E-state index in [1.807, 2.05) is 32.0 Å². The second-order valence-corrected chi connectivity index (χ2v) is 7.86. The van der Waals surface area contributed by atoms with E-state index in [-0.39, 0.29) is 6.04 Å². The number of sulfonamides is 1. The third-order valence-corrected chi connectivity index (χ3v) is 5.99. The van der Waals surface area contributed by atoms with Gasteiger partial charge in [-0.15, -0.1) is 0 Å². The molecule has 0 spiro atoms. The molecule has 1 unspecified atom stereocenters. The van der Waals surface area contributed by atoms with Crippen molar-refractivity contribution in [2.45, 2.75) is 37.2 Å². The largest absolute Gasteiger partial charge is 0.326 e. The Morgan fingerprint density at radius 1 is 1.38 bits per heavy atom. The zero-order chi connectivity index (χ0) is 15.6. The summed E-state index contributed by atoms with van der Waals surface area (Å²) in [6.45, 7) is 3.67. The molecule has 21 heavy (non-hydrogen) atoms. The highest BCUT2D eigenvalue weighted by atomic mass is 32.2. The lowest BCUT2D eigenvalue weighted by molar-refractivity contribution is 0.291. The molecule has 6 heteroatoms. The average Bonchev–Trinajstić information content (AvgIpc) is 2.87. The second kappa shape index (κ2) is 6.44. The Hall–Kier alpha value is -0.950. The van der Waals surface area contributed by atoms with Crippen LogP contribution in [-0.2, 0) is 16.6 Å². The maximum absolute atomic E-state index is 12.9. The first-order chi connectivity index (χ1) is 9.86. The van der Waals surface area contributed by atoms with Crippen molar-refractivity contribution in [3.05, 3.63) is 29.3 Å². The summed E-state index contributed by atoms with van der Waals surface area (Å²) in [5, 5.41) is 0. The Kier molecular flexibility index (Phi) is 5.03. The Balaban J connectivity index is 2.33. The summed E-state index contributed by atoms with van der Waals surface area (Å²) in [7, 11) is 0.516. The molecule has 1 atom stereocenters. The fraction of sp³-hybridized carbons (Fsp3) is 0.600. The van der Waals surface area contributed by atoms with Gasteiger partial charge < -0.3 is 10.6 Å². The zero-order valence-electron chi connectivity index (χ0n) is 13.0. The van der Waals surface area contributed by atoms with Crippen LogP contribution in [0.15, 0.2) is 23.1 Å². The first-order valence-corrected chi connectivity index (χ1v) is 8.76. The van der Waals surface area contributed by atoms with Gasteiger partial charge in [-0.1, -0.05) is 6.07 Å². The minimum atomic E-state index is -3.43.